The number of rotatable bonds is 2. The number of aryl methyl sites for hydroxylation is 1. The van der Waals surface area contributed by atoms with Crippen molar-refractivity contribution in [2.45, 2.75) is 13.8 Å². The molecule has 0 amide bonds. The van der Waals surface area contributed by atoms with E-state index in [0.29, 0.717) is 5.56 Å². The lowest BCUT2D eigenvalue weighted by molar-refractivity contribution is 0.619. The molecule has 2 rings (SSSR count). The van der Waals surface area contributed by atoms with Crippen LogP contribution in [0.3, 0.4) is 0 Å². The van der Waals surface area contributed by atoms with Gasteiger partial charge in [-0.2, -0.15) is 0 Å². The van der Waals surface area contributed by atoms with E-state index in [1.54, 1.807) is 13.0 Å². The lowest BCUT2D eigenvalue weighted by Gasteiger charge is -2.13. The van der Waals surface area contributed by atoms with Crippen molar-refractivity contribution in [3.8, 4) is 0 Å². The Morgan fingerprint density at radius 1 is 1.17 bits per heavy atom. The molecule has 0 aliphatic carbocycles. The van der Waals surface area contributed by atoms with E-state index in [1.165, 1.54) is 6.07 Å². The smallest absolute Gasteiger partial charge is 0.128 e. The van der Waals surface area contributed by atoms with Crippen LogP contribution < -0.4 is 11.1 Å². The number of hydrogen-bond donors (Lipinski definition) is 2. The Morgan fingerprint density at radius 2 is 1.89 bits per heavy atom. The summed E-state index contributed by atoms with van der Waals surface area (Å²) in [4.78, 5) is 0. The highest BCUT2D eigenvalue weighted by atomic mass is 79.9. The lowest BCUT2D eigenvalue weighted by Crippen LogP contribution is -1.98. The summed E-state index contributed by atoms with van der Waals surface area (Å²) in [6, 6.07) is 8.75. The molecule has 0 heterocycles. The maximum atomic E-state index is 13.5. The standard InChI is InChI=1S/C14H14BrFN2/c1-8-6-14(10(15)7-12(8)17)18-13-5-3-4-11(16)9(13)2/h3-7,18H,17H2,1-2H3. The minimum Gasteiger partial charge on any atom is -0.398 e. The summed E-state index contributed by atoms with van der Waals surface area (Å²) >= 11 is 3.45. The first-order chi connectivity index (χ1) is 8.49. The molecule has 4 heteroatoms. The minimum atomic E-state index is -0.219. The van der Waals surface area contributed by atoms with Gasteiger partial charge in [-0.15, -0.1) is 0 Å². The van der Waals surface area contributed by atoms with Gasteiger partial charge in [0.1, 0.15) is 5.82 Å². The SMILES string of the molecule is Cc1cc(Nc2cccc(F)c2C)c(Br)cc1N. The molecule has 0 radical (unpaired) electrons. The molecular weight excluding hydrogens is 295 g/mol. The molecule has 0 aromatic heterocycles. The number of nitrogen functional groups attached to an aromatic ring is 1. The second kappa shape index (κ2) is 4.98. The second-order valence-electron chi connectivity index (χ2n) is 4.23. The van der Waals surface area contributed by atoms with E-state index < -0.39 is 0 Å². The summed E-state index contributed by atoms with van der Waals surface area (Å²) in [5.41, 5.74) is 9.74. The van der Waals surface area contributed by atoms with Crippen molar-refractivity contribution < 1.29 is 4.39 Å². The Bertz CT molecular complexity index is 597. The largest absolute Gasteiger partial charge is 0.398 e. The lowest BCUT2D eigenvalue weighted by atomic mass is 10.1. The molecule has 94 valence electrons. The molecule has 2 nitrogen and oxygen atoms in total. The van der Waals surface area contributed by atoms with Gasteiger partial charge in [-0.3, -0.25) is 0 Å². The average Bonchev–Trinajstić information content (AvgIpc) is 2.32. The zero-order valence-corrected chi connectivity index (χ0v) is 11.8. The van der Waals surface area contributed by atoms with Gasteiger partial charge in [0.15, 0.2) is 0 Å². The van der Waals surface area contributed by atoms with E-state index in [0.717, 1.165) is 27.1 Å². The van der Waals surface area contributed by atoms with E-state index >= 15 is 0 Å². The Hall–Kier alpha value is -1.55. The van der Waals surface area contributed by atoms with Crippen molar-refractivity contribution in [2.75, 3.05) is 11.1 Å². The van der Waals surface area contributed by atoms with Gasteiger partial charge in [0, 0.05) is 21.4 Å². The van der Waals surface area contributed by atoms with Crippen LogP contribution in [0.4, 0.5) is 21.5 Å². The van der Waals surface area contributed by atoms with Crippen LogP contribution in [0.15, 0.2) is 34.8 Å². The third-order valence-corrected chi connectivity index (χ3v) is 3.55. The fraction of sp³-hybridized carbons (Fsp3) is 0.143. The van der Waals surface area contributed by atoms with Gasteiger partial charge in [-0.25, -0.2) is 4.39 Å². The zero-order valence-electron chi connectivity index (χ0n) is 10.2. The van der Waals surface area contributed by atoms with Gasteiger partial charge in [0.25, 0.3) is 0 Å². The van der Waals surface area contributed by atoms with Gasteiger partial charge in [0.05, 0.1) is 5.69 Å². The monoisotopic (exact) mass is 308 g/mol. The van der Waals surface area contributed by atoms with Gasteiger partial charge < -0.3 is 11.1 Å². The zero-order chi connectivity index (χ0) is 13.3. The molecule has 2 aromatic rings. The minimum absolute atomic E-state index is 0.219. The normalized spacial score (nSPS) is 10.4. The van der Waals surface area contributed by atoms with Crippen molar-refractivity contribution in [1.29, 1.82) is 0 Å². The average molecular weight is 309 g/mol. The first-order valence-electron chi connectivity index (χ1n) is 5.57. The molecule has 2 aromatic carbocycles. The number of anilines is 3. The van der Waals surface area contributed by atoms with Gasteiger partial charge >= 0.3 is 0 Å². The third-order valence-electron chi connectivity index (χ3n) is 2.89. The van der Waals surface area contributed by atoms with Crippen molar-refractivity contribution in [1.82, 2.24) is 0 Å². The third kappa shape index (κ3) is 2.48. The maximum absolute atomic E-state index is 13.5. The van der Waals surface area contributed by atoms with E-state index in [9.17, 15) is 4.39 Å². The predicted octanol–water partition coefficient (Wildman–Crippen LogP) is 4.53. The highest BCUT2D eigenvalue weighted by Gasteiger charge is 2.07. The van der Waals surface area contributed by atoms with Crippen molar-refractivity contribution >= 4 is 33.0 Å². The van der Waals surface area contributed by atoms with Crippen LogP contribution in [0.5, 0.6) is 0 Å². The maximum Gasteiger partial charge on any atom is 0.128 e. The highest BCUT2D eigenvalue weighted by Crippen LogP contribution is 2.31. The Balaban J connectivity index is 2.40. The molecule has 3 N–H and O–H groups in total. The summed E-state index contributed by atoms with van der Waals surface area (Å²) in [7, 11) is 0. The summed E-state index contributed by atoms with van der Waals surface area (Å²) < 4.78 is 14.3. The molecule has 0 aliphatic rings. The highest BCUT2D eigenvalue weighted by molar-refractivity contribution is 9.10. The second-order valence-corrected chi connectivity index (χ2v) is 5.08. The first kappa shape index (κ1) is 12.9. The summed E-state index contributed by atoms with van der Waals surface area (Å²) in [5, 5.41) is 3.21. The Labute approximate surface area is 114 Å². The molecule has 0 saturated heterocycles. The number of nitrogens with one attached hydrogen (secondary N) is 1. The molecule has 0 atom stereocenters. The molecule has 0 aliphatic heterocycles. The summed E-state index contributed by atoms with van der Waals surface area (Å²) in [6.45, 7) is 3.68. The molecule has 0 saturated carbocycles. The van der Waals surface area contributed by atoms with Crippen LogP contribution in [-0.4, -0.2) is 0 Å². The van der Waals surface area contributed by atoms with E-state index in [-0.39, 0.29) is 5.82 Å². The number of hydrogen-bond acceptors (Lipinski definition) is 2. The van der Waals surface area contributed by atoms with Crippen LogP contribution in [0, 0.1) is 19.7 Å². The molecule has 0 bridgehead atoms. The predicted molar refractivity (Wildman–Crippen MR) is 77.7 cm³/mol. The number of benzene rings is 2. The van der Waals surface area contributed by atoms with Gasteiger partial charge in [-0.05, 0) is 59.6 Å². The van der Waals surface area contributed by atoms with E-state index in [2.05, 4.69) is 21.2 Å². The topological polar surface area (TPSA) is 38.0 Å². The summed E-state index contributed by atoms with van der Waals surface area (Å²) in [6.07, 6.45) is 0. The number of halogens is 2. The quantitative estimate of drug-likeness (QED) is 0.800. The molecule has 0 spiro atoms. The van der Waals surface area contributed by atoms with Crippen LogP contribution in [0.2, 0.25) is 0 Å². The fourth-order valence-electron chi connectivity index (χ4n) is 1.68. The van der Waals surface area contributed by atoms with Crippen molar-refractivity contribution in [2.24, 2.45) is 0 Å². The number of nitrogens with two attached hydrogens (primary N) is 1. The summed E-state index contributed by atoms with van der Waals surface area (Å²) in [5.74, 6) is -0.219. The first-order valence-corrected chi connectivity index (χ1v) is 6.36. The Morgan fingerprint density at radius 3 is 2.61 bits per heavy atom. The van der Waals surface area contributed by atoms with E-state index in [4.69, 9.17) is 5.73 Å². The molecule has 18 heavy (non-hydrogen) atoms. The molecule has 0 fully saturated rings. The van der Waals surface area contributed by atoms with Crippen LogP contribution in [0.1, 0.15) is 11.1 Å². The van der Waals surface area contributed by atoms with Crippen LogP contribution in [-0.2, 0) is 0 Å². The molecule has 0 unspecified atom stereocenters. The van der Waals surface area contributed by atoms with Crippen LogP contribution in [0.25, 0.3) is 0 Å². The molecular formula is C14H14BrFN2. The van der Waals surface area contributed by atoms with Gasteiger partial charge in [-0.1, -0.05) is 6.07 Å². The van der Waals surface area contributed by atoms with Crippen LogP contribution >= 0.6 is 15.9 Å². The Kier molecular flexibility index (Phi) is 3.57. The van der Waals surface area contributed by atoms with Crippen molar-refractivity contribution in [3.05, 3.63) is 51.7 Å². The fourth-order valence-corrected chi connectivity index (χ4v) is 2.14. The van der Waals surface area contributed by atoms with Crippen molar-refractivity contribution in [3.63, 3.8) is 0 Å². The van der Waals surface area contributed by atoms with Gasteiger partial charge in [0.2, 0.25) is 0 Å². The van der Waals surface area contributed by atoms with E-state index in [1.807, 2.05) is 25.1 Å².